The summed E-state index contributed by atoms with van der Waals surface area (Å²) < 4.78 is 17.5. The van der Waals surface area contributed by atoms with Gasteiger partial charge in [0.25, 0.3) is 0 Å². The number of hydrogen-bond acceptors (Lipinski definition) is 5. The predicted molar refractivity (Wildman–Crippen MR) is 288 cm³/mol. The largest absolute Gasteiger partial charge is 0.462 e. The number of rotatable bonds is 55. The Hall–Kier alpha value is -1.88. The van der Waals surface area contributed by atoms with E-state index in [9.17, 15) is 9.59 Å². The number of ether oxygens (including phenoxy) is 3. The topological polar surface area (TPSA) is 61.8 Å². The number of esters is 2. The molecule has 0 amide bonds. The Balaban J connectivity index is 4.21. The molecule has 5 nitrogen and oxygen atoms in total. The molecule has 0 aliphatic rings. The summed E-state index contributed by atoms with van der Waals surface area (Å²) in [6, 6.07) is 0. The smallest absolute Gasteiger partial charge is 0.306 e. The lowest BCUT2D eigenvalue weighted by molar-refractivity contribution is -0.163. The molecule has 0 aromatic heterocycles. The Morgan fingerprint density at radius 3 is 1.05 bits per heavy atom. The van der Waals surface area contributed by atoms with Crippen LogP contribution in [0.5, 0.6) is 0 Å². The van der Waals surface area contributed by atoms with Crippen LogP contribution in [0.2, 0.25) is 0 Å². The van der Waals surface area contributed by atoms with Crippen molar-refractivity contribution in [2.75, 3.05) is 19.8 Å². The van der Waals surface area contributed by atoms with Crippen molar-refractivity contribution in [3.05, 3.63) is 36.5 Å². The maximum absolute atomic E-state index is 12.8. The van der Waals surface area contributed by atoms with Gasteiger partial charge >= 0.3 is 11.9 Å². The third-order valence-electron chi connectivity index (χ3n) is 13.1. The van der Waals surface area contributed by atoms with Gasteiger partial charge in [0.1, 0.15) is 6.61 Å². The molecule has 66 heavy (non-hydrogen) atoms. The molecule has 0 aliphatic carbocycles. The first-order chi connectivity index (χ1) is 32.6. The van der Waals surface area contributed by atoms with E-state index in [0.717, 1.165) is 44.9 Å². The van der Waals surface area contributed by atoms with Crippen molar-refractivity contribution in [3.8, 4) is 0 Å². The first kappa shape index (κ1) is 64.1. The number of carbonyl (C=O) groups excluding carboxylic acids is 2. The second-order valence-corrected chi connectivity index (χ2v) is 19.9. The second kappa shape index (κ2) is 57.4. The lowest BCUT2D eigenvalue weighted by Crippen LogP contribution is -2.30. The summed E-state index contributed by atoms with van der Waals surface area (Å²) in [6.07, 6.45) is 70.2. The van der Waals surface area contributed by atoms with E-state index in [2.05, 4.69) is 57.2 Å². The molecule has 0 heterocycles. The Bertz CT molecular complexity index is 1050. The standard InChI is InChI=1S/C61H114O5/c1-4-7-10-13-16-19-22-25-27-29-30-31-33-35-38-41-44-47-50-53-56-64-57-59(66-61(63)55-52-49-46-43-40-36-24-21-18-15-12-9-6-3)58-65-60(62)54-51-48-45-42-39-37-34-32-28-26-23-20-17-14-11-8-5-2/h16,19,25-28,59H,4-15,17-18,20-24,29-58H2,1-3H3/b19-16-,27-25-,28-26-. The second-order valence-electron chi connectivity index (χ2n) is 19.9. The first-order valence-electron chi connectivity index (χ1n) is 29.5. The minimum atomic E-state index is -0.535. The summed E-state index contributed by atoms with van der Waals surface area (Å²) in [6.45, 7) is 7.85. The fourth-order valence-corrected chi connectivity index (χ4v) is 8.71. The van der Waals surface area contributed by atoms with E-state index in [1.165, 1.54) is 238 Å². The molecule has 0 bridgehead atoms. The van der Waals surface area contributed by atoms with E-state index in [-0.39, 0.29) is 18.5 Å². The summed E-state index contributed by atoms with van der Waals surface area (Å²) in [5.41, 5.74) is 0. The van der Waals surface area contributed by atoms with Gasteiger partial charge in [-0.1, -0.05) is 263 Å². The van der Waals surface area contributed by atoms with Gasteiger partial charge in [0.05, 0.1) is 6.61 Å². The van der Waals surface area contributed by atoms with Gasteiger partial charge in [-0.25, -0.2) is 0 Å². The molecule has 0 aliphatic heterocycles. The molecule has 0 N–H and O–H groups in total. The van der Waals surface area contributed by atoms with Crippen molar-refractivity contribution in [1.29, 1.82) is 0 Å². The molecule has 0 spiro atoms. The molecular weight excluding hydrogens is 813 g/mol. The van der Waals surface area contributed by atoms with Crippen molar-refractivity contribution in [2.24, 2.45) is 0 Å². The molecule has 0 radical (unpaired) electrons. The summed E-state index contributed by atoms with van der Waals surface area (Å²) in [4.78, 5) is 25.5. The number of allylic oxidation sites excluding steroid dienone is 6. The molecule has 1 unspecified atom stereocenters. The quantitative estimate of drug-likeness (QED) is 0.0345. The first-order valence-corrected chi connectivity index (χ1v) is 29.5. The van der Waals surface area contributed by atoms with Crippen LogP contribution >= 0.6 is 0 Å². The van der Waals surface area contributed by atoms with Crippen LogP contribution in [0.3, 0.4) is 0 Å². The molecule has 0 aromatic carbocycles. The number of hydrogen-bond donors (Lipinski definition) is 0. The van der Waals surface area contributed by atoms with Gasteiger partial charge in [0, 0.05) is 19.4 Å². The molecule has 0 rings (SSSR count). The minimum absolute atomic E-state index is 0.0874. The van der Waals surface area contributed by atoms with E-state index in [4.69, 9.17) is 14.2 Å². The normalized spacial score (nSPS) is 12.3. The molecule has 5 heteroatoms. The van der Waals surface area contributed by atoms with Crippen LogP contribution in [0.15, 0.2) is 36.5 Å². The minimum Gasteiger partial charge on any atom is -0.462 e. The van der Waals surface area contributed by atoms with Crippen molar-refractivity contribution >= 4 is 11.9 Å². The zero-order valence-electron chi connectivity index (χ0n) is 44.7. The Morgan fingerprint density at radius 2 is 0.636 bits per heavy atom. The number of unbranched alkanes of at least 4 members (excludes halogenated alkanes) is 38. The monoisotopic (exact) mass is 927 g/mol. The van der Waals surface area contributed by atoms with Gasteiger partial charge in [0.15, 0.2) is 6.10 Å². The molecule has 0 fully saturated rings. The van der Waals surface area contributed by atoms with Crippen molar-refractivity contribution in [3.63, 3.8) is 0 Å². The highest BCUT2D eigenvalue weighted by atomic mass is 16.6. The van der Waals surface area contributed by atoms with E-state index < -0.39 is 6.10 Å². The lowest BCUT2D eigenvalue weighted by atomic mass is 10.0. The van der Waals surface area contributed by atoms with Crippen LogP contribution in [0, 0.1) is 0 Å². The van der Waals surface area contributed by atoms with Gasteiger partial charge < -0.3 is 14.2 Å². The summed E-state index contributed by atoms with van der Waals surface area (Å²) in [7, 11) is 0. The zero-order chi connectivity index (χ0) is 47.7. The lowest BCUT2D eigenvalue weighted by Gasteiger charge is -2.18. The summed E-state index contributed by atoms with van der Waals surface area (Å²) >= 11 is 0. The molecule has 388 valence electrons. The molecule has 0 saturated carbocycles. The van der Waals surface area contributed by atoms with Gasteiger partial charge in [-0.3, -0.25) is 9.59 Å². The van der Waals surface area contributed by atoms with Crippen LogP contribution < -0.4 is 0 Å². The third kappa shape index (κ3) is 54.7. The van der Waals surface area contributed by atoms with Gasteiger partial charge in [0.2, 0.25) is 0 Å². The van der Waals surface area contributed by atoms with E-state index in [1.54, 1.807) is 0 Å². The van der Waals surface area contributed by atoms with Crippen LogP contribution in [0.1, 0.15) is 316 Å². The maximum atomic E-state index is 12.8. The Kier molecular flexibility index (Phi) is 55.8. The zero-order valence-corrected chi connectivity index (χ0v) is 44.7. The van der Waals surface area contributed by atoms with Crippen LogP contribution in [0.4, 0.5) is 0 Å². The third-order valence-corrected chi connectivity index (χ3v) is 13.1. The molecule has 1 atom stereocenters. The van der Waals surface area contributed by atoms with Crippen molar-refractivity contribution in [2.45, 2.75) is 322 Å². The highest BCUT2D eigenvalue weighted by Gasteiger charge is 2.17. The Labute approximate surface area is 412 Å². The molecular formula is C61H114O5. The number of carbonyl (C=O) groups is 2. The van der Waals surface area contributed by atoms with Crippen molar-refractivity contribution < 1.29 is 23.8 Å². The highest BCUT2D eigenvalue weighted by Crippen LogP contribution is 2.16. The van der Waals surface area contributed by atoms with E-state index >= 15 is 0 Å². The van der Waals surface area contributed by atoms with Gasteiger partial charge in [-0.15, -0.1) is 0 Å². The van der Waals surface area contributed by atoms with Crippen LogP contribution in [-0.4, -0.2) is 37.9 Å². The average Bonchev–Trinajstić information content (AvgIpc) is 3.32. The van der Waals surface area contributed by atoms with Crippen LogP contribution in [-0.2, 0) is 23.8 Å². The van der Waals surface area contributed by atoms with Crippen molar-refractivity contribution in [1.82, 2.24) is 0 Å². The molecule has 0 aromatic rings. The predicted octanol–water partition coefficient (Wildman–Crippen LogP) is 20.1. The van der Waals surface area contributed by atoms with E-state index in [0.29, 0.717) is 26.1 Å². The van der Waals surface area contributed by atoms with Gasteiger partial charge in [-0.2, -0.15) is 0 Å². The highest BCUT2D eigenvalue weighted by molar-refractivity contribution is 5.70. The average molecular weight is 928 g/mol. The molecule has 0 saturated heterocycles. The van der Waals surface area contributed by atoms with E-state index in [1.807, 2.05) is 0 Å². The fourth-order valence-electron chi connectivity index (χ4n) is 8.71. The van der Waals surface area contributed by atoms with Crippen LogP contribution in [0.25, 0.3) is 0 Å². The maximum Gasteiger partial charge on any atom is 0.306 e. The summed E-state index contributed by atoms with van der Waals surface area (Å²) in [5, 5.41) is 0. The summed E-state index contributed by atoms with van der Waals surface area (Å²) in [5.74, 6) is -0.385. The fraction of sp³-hybridized carbons (Fsp3) is 0.869. The SMILES string of the molecule is CCCCC/C=C\C/C=C\CCCCCCCCCCCCOCC(COC(=O)CCCCCCCCC/C=C\CCCCCCCC)OC(=O)CCCCCCCCCCCCCCC. The van der Waals surface area contributed by atoms with Gasteiger partial charge in [-0.05, 0) is 77.0 Å². The Morgan fingerprint density at radius 1 is 0.333 bits per heavy atom.